The number of sulfonamides is 1. The van der Waals surface area contributed by atoms with Crippen LogP contribution in [0.25, 0.3) is 0 Å². The van der Waals surface area contributed by atoms with Gasteiger partial charge in [-0.25, -0.2) is 12.8 Å². The minimum atomic E-state index is -3.73. The van der Waals surface area contributed by atoms with Crippen LogP contribution in [-0.2, 0) is 24.3 Å². The van der Waals surface area contributed by atoms with E-state index in [2.05, 4.69) is 5.32 Å². The van der Waals surface area contributed by atoms with Gasteiger partial charge in [0.25, 0.3) is 0 Å². The Morgan fingerprint density at radius 2 is 1.90 bits per heavy atom. The number of carbonyl (C=O) groups is 2. The third-order valence-corrected chi connectivity index (χ3v) is 7.98. The normalized spacial score (nSPS) is 16.7. The summed E-state index contributed by atoms with van der Waals surface area (Å²) in [5.41, 5.74) is 0. The molecule has 0 saturated carbocycles. The lowest BCUT2D eigenvalue weighted by Gasteiger charge is -2.31. The number of nitrogens with one attached hydrogen (secondary N) is 1. The van der Waals surface area contributed by atoms with Crippen LogP contribution in [-0.4, -0.2) is 44.8 Å². The molecule has 0 spiro atoms. The van der Waals surface area contributed by atoms with E-state index in [4.69, 9.17) is 4.74 Å². The molecule has 1 aromatic carbocycles. The van der Waals surface area contributed by atoms with E-state index in [9.17, 15) is 22.4 Å². The topological polar surface area (TPSA) is 92.8 Å². The highest BCUT2D eigenvalue weighted by molar-refractivity contribution is 7.89. The number of methoxy groups -OCH3 is 1. The number of halogens is 1. The second-order valence-corrected chi connectivity index (χ2v) is 9.91. The van der Waals surface area contributed by atoms with Gasteiger partial charge in [-0.15, -0.1) is 11.3 Å². The van der Waals surface area contributed by atoms with Gasteiger partial charge in [0.15, 0.2) is 0 Å². The van der Waals surface area contributed by atoms with Crippen molar-refractivity contribution in [1.29, 1.82) is 0 Å². The number of amides is 1. The number of carbonyl (C=O) groups excluding carboxylic acids is 2. The van der Waals surface area contributed by atoms with Gasteiger partial charge in [0.2, 0.25) is 15.9 Å². The molecule has 0 radical (unpaired) electrons. The Kier molecular flexibility index (Phi) is 7.22. The maximum Gasteiger partial charge on any atom is 0.307 e. The van der Waals surface area contributed by atoms with Crippen molar-refractivity contribution in [3.63, 3.8) is 0 Å². The van der Waals surface area contributed by atoms with Crippen LogP contribution in [0.5, 0.6) is 0 Å². The molecule has 162 valence electrons. The summed E-state index contributed by atoms with van der Waals surface area (Å²) in [6.45, 7) is 0.386. The van der Waals surface area contributed by atoms with Crippen molar-refractivity contribution in [2.75, 3.05) is 20.2 Å². The summed E-state index contributed by atoms with van der Waals surface area (Å²) in [6.07, 6.45) is 0.754. The fraction of sp³-hybridized carbons (Fsp3) is 0.400. The molecule has 1 aliphatic heterocycles. The first-order valence-electron chi connectivity index (χ1n) is 9.47. The first-order valence-corrected chi connectivity index (χ1v) is 11.8. The Labute approximate surface area is 178 Å². The molecule has 3 rings (SSSR count). The number of rotatable bonds is 7. The Hall–Kier alpha value is -2.30. The molecule has 1 unspecified atom stereocenters. The van der Waals surface area contributed by atoms with Gasteiger partial charge in [0.05, 0.1) is 24.5 Å². The number of ether oxygens (including phenoxy) is 1. The summed E-state index contributed by atoms with van der Waals surface area (Å²) in [5, 5.41) is 4.77. The van der Waals surface area contributed by atoms with E-state index in [1.54, 1.807) is 0 Å². The van der Waals surface area contributed by atoms with Crippen LogP contribution in [0.2, 0.25) is 0 Å². The fourth-order valence-corrected chi connectivity index (χ4v) is 5.61. The van der Waals surface area contributed by atoms with E-state index < -0.39 is 27.9 Å². The molecule has 30 heavy (non-hydrogen) atoms. The number of esters is 1. The van der Waals surface area contributed by atoms with E-state index >= 15 is 0 Å². The summed E-state index contributed by atoms with van der Waals surface area (Å²) < 4.78 is 44.6. The van der Waals surface area contributed by atoms with Crippen LogP contribution in [0.15, 0.2) is 46.7 Å². The fourth-order valence-electron chi connectivity index (χ4n) is 3.37. The lowest BCUT2D eigenvalue weighted by atomic mass is 9.96. The number of nitrogens with zero attached hydrogens (tertiary/aromatic N) is 1. The number of piperidine rings is 1. The van der Waals surface area contributed by atoms with Crippen LogP contribution < -0.4 is 5.32 Å². The van der Waals surface area contributed by atoms with Crippen molar-refractivity contribution < 1.29 is 27.1 Å². The second kappa shape index (κ2) is 9.67. The van der Waals surface area contributed by atoms with Gasteiger partial charge in [-0.05, 0) is 48.6 Å². The Morgan fingerprint density at radius 1 is 1.23 bits per heavy atom. The molecule has 2 aromatic rings. The standard InChI is InChI=1S/C20H23FN2O5S2/c1-28-19(24)13-17(18-3-2-12-29-18)22-20(25)14-8-10-23(11-9-14)30(26,27)16-6-4-15(21)5-7-16/h2-7,12,14,17H,8-11,13H2,1H3,(H,22,25). The summed E-state index contributed by atoms with van der Waals surface area (Å²) in [7, 11) is -2.43. The first-order chi connectivity index (χ1) is 14.3. The van der Waals surface area contributed by atoms with E-state index in [-0.39, 0.29) is 36.2 Å². The quantitative estimate of drug-likeness (QED) is 0.650. The molecule has 0 bridgehead atoms. The van der Waals surface area contributed by atoms with Crippen molar-refractivity contribution >= 4 is 33.2 Å². The van der Waals surface area contributed by atoms with Crippen molar-refractivity contribution in [2.45, 2.75) is 30.2 Å². The summed E-state index contributed by atoms with van der Waals surface area (Å²) in [6, 6.07) is 7.90. The predicted octanol–water partition coefficient (Wildman–Crippen LogP) is 2.71. The molecule has 1 N–H and O–H groups in total. The maximum atomic E-state index is 13.1. The smallest absolute Gasteiger partial charge is 0.307 e. The highest BCUT2D eigenvalue weighted by Gasteiger charge is 2.33. The van der Waals surface area contributed by atoms with Gasteiger partial charge in [-0.2, -0.15) is 4.31 Å². The lowest BCUT2D eigenvalue weighted by Crippen LogP contribution is -2.43. The van der Waals surface area contributed by atoms with Crippen LogP contribution in [0.4, 0.5) is 4.39 Å². The van der Waals surface area contributed by atoms with E-state index in [1.165, 1.54) is 34.9 Å². The van der Waals surface area contributed by atoms with Gasteiger partial charge in [-0.1, -0.05) is 6.07 Å². The summed E-state index contributed by atoms with van der Waals surface area (Å²) >= 11 is 1.44. The molecule has 7 nitrogen and oxygen atoms in total. The zero-order chi connectivity index (χ0) is 21.7. The molecule has 1 saturated heterocycles. The average Bonchev–Trinajstić information content (AvgIpc) is 3.28. The van der Waals surface area contributed by atoms with Crippen LogP contribution in [0.3, 0.4) is 0 Å². The van der Waals surface area contributed by atoms with Crippen molar-refractivity contribution in [3.05, 3.63) is 52.5 Å². The molecular weight excluding hydrogens is 431 g/mol. The Morgan fingerprint density at radius 3 is 2.47 bits per heavy atom. The molecule has 1 atom stereocenters. The first kappa shape index (κ1) is 22.4. The predicted molar refractivity (Wildman–Crippen MR) is 110 cm³/mol. The van der Waals surface area contributed by atoms with Gasteiger partial charge in [0.1, 0.15) is 5.82 Å². The lowest BCUT2D eigenvalue weighted by molar-refractivity contribution is -0.141. The second-order valence-electron chi connectivity index (χ2n) is 6.99. The molecule has 1 aromatic heterocycles. The molecule has 1 amide bonds. The maximum absolute atomic E-state index is 13.1. The highest BCUT2D eigenvalue weighted by atomic mass is 32.2. The third kappa shape index (κ3) is 5.24. The molecule has 0 aliphatic carbocycles. The van der Waals surface area contributed by atoms with Gasteiger partial charge >= 0.3 is 5.97 Å². The SMILES string of the molecule is COC(=O)CC(NC(=O)C1CCN(S(=O)(=O)c2ccc(F)cc2)CC1)c1cccs1. The number of hydrogen-bond acceptors (Lipinski definition) is 6. The van der Waals surface area contributed by atoms with Gasteiger partial charge < -0.3 is 10.1 Å². The van der Waals surface area contributed by atoms with Crippen LogP contribution in [0.1, 0.15) is 30.2 Å². The zero-order valence-electron chi connectivity index (χ0n) is 16.4. The van der Waals surface area contributed by atoms with Crippen molar-refractivity contribution in [3.8, 4) is 0 Å². The Balaban J connectivity index is 1.61. The van der Waals surface area contributed by atoms with Crippen molar-refractivity contribution in [2.24, 2.45) is 5.92 Å². The molecule has 2 heterocycles. The van der Waals surface area contributed by atoms with E-state index in [0.29, 0.717) is 12.8 Å². The van der Waals surface area contributed by atoms with Gasteiger partial charge in [-0.3, -0.25) is 9.59 Å². The van der Waals surface area contributed by atoms with E-state index in [0.717, 1.165) is 17.0 Å². The minimum Gasteiger partial charge on any atom is -0.469 e. The zero-order valence-corrected chi connectivity index (χ0v) is 18.0. The Bertz CT molecular complexity index is 969. The van der Waals surface area contributed by atoms with Crippen LogP contribution in [0, 0.1) is 11.7 Å². The average molecular weight is 455 g/mol. The molecule has 10 heteroatoms. The van der Waals surface area contributed by atoms with Crippen LogP contribution >= 0.6 is 11.3 Å². The molecule has 1 aliphatic rings. The largest absolute Gasteiger partial charge is 0.469 e. The van der Waals surface area contributed by atoms with Crippen molar-refractivity contribution in [1.82, 2.24) is 9.62 Å². The molecule has 1 fully saturated rings. The summed E-state index contributed by atoms with van der Waals surface area (Å²) in [4.78, 5) is 25.4. The minimum absolute atomic E-state index is 0.0283. The number of thiophene rings is 1. The highest BCUT2D eigenvalue weighted by Crippen LogP contribution is 2.27. The molecular formula is C20H23FN2O5S2. The number of benzene rings is 1. The van der Waals surface area contributed by atoms with E-state index in [1.807, 2.05) is 17.5 Å². The third-order valence-electron chi connectivity index (χ3n) is 5.08. The monoisotopic (exact) mass is 454 g/mol. The summed E-state index contributed by atoms with van der Waals surface area (Å²) in [5.74, 6) is -1.49. The van der Waals surface area contributed by atoms with Gasteiger partial charge in [0, 0.05) is 23.9 Å². The number of hydrogen-bond donors (Lipinski definition) is 1.